The zero-order valence-corrected chi connectivity index (χ0v) is 15.3. The van der Waals surface area contributed by atoms with Crippen LogP contribution in [0.25, 0.3) is 11.1 Å². The fraction of sp³-hybridized carbons (Fsp3) is 0.0500. The molecule has 138 valence electrons. The first kappa shape index (κ1) is 18.6. The van der Waals surface area contributed by atoms with Crippen molar-refractivity contribution < 1.29 is 17.8 Å². The minimum absolute atomic E-state index is 0.208. The van der Waals surface area contributed by atoms with E-state index in [0.29, 0.717) is 28.1 Å². The van der Waals surface area contributed by atoms with E-state index in [0.717, 1.165) is 0 Å². The minimum Gasteiger partial charge on any atom is -0.308 e. The van der Waals surface area contributed by atoms with Crippen molar-refractivity contribution in [3.8, 4) is 11.1 Å². The maximum atomic E-state index is 12.3. The van der Waals surface area contributed by atoms with E-state index in [1.165, 1.54) is 6.07 Å². The van der Waals surface area contributed by atoms with Gasteiger partial charge in [-0.05, 0) is 36.8 Å². The smallest absolute Gasteiger partial charge is 0.308 e. The van der Waals surface area contributed by atoms with E-state index in [9.17, 15) is 17.8 Å². The molecular weight excluding hydrogens is 364 g/mol. The van der Waals surface area contributed by atoms with Gasteiger partial charge >= 0.3 is 6.03 Å². The number of benzene rings is 3. The van der Waals surface area contributed by atoms with Crippen molar-refractivity contribution in [2.45, 2.75) is 11.8 Å². The van der Waals surface area contributed by atoms with Gasteiger partial charge in [0, 0.05) is 16.8 Å². The van der Waals surface area contributed by atoms with Crippen LogP contribution in [0.4, 0.5) is 16.2 Å². The van der Waals surface area contributed by atoms with Crippen molar-refractivity contribution in [1.82, 2.24) is 0 Å². The molecule has 3 aromatic rings. The number of aryl methyl sites for hydroxylation is 1. The highest BCUT2D eigenvalue weighted by atomic mass is 32.2. The second kappa shape index (κ2) is 7.61. The zero-order valence-electron chi connectivity index (χ0n) is 14.5. The lowest BCUT2D eigenvalue weighted by molar-refractivity contribution is 0.262. The van der Waals surface area contributed by atoms with E-state index >= 15 is 0 Å². The molecule has 0 aliphatic heterocycles. The van der Waals surface area contributed by atoms with E-state index < -0.39 is 16.1 Å². The van der Waals surface area contributed by atoms with Crippen molar-refractivity contribution in [3.05, 3.63) is 78.4 Å². The number of hydrogen-bond donors (Lipinski definition) is 3. The Morgan fingerprint density at radius 2 is 1.52 bits per heavy atom. The fourth-order valence-electron chi connectivity index (χ4n) is 2.82. The molecule has 0 fully saturated rings. The average Bonchev–Trinajstić information content (AvgIpc) is 2.62. The number of urea groups is 1. The van der Waals surface area contributed by atoms with Crippen molar-refractivity contribution in [2.24, 2.45) is 0 Å². The van der Waals surface area contributed by atoms with Gasteiger partial charge in [-0.2, -0.15) is 8.42 Å². The van der Waals surface area contributed by atoms with Crippen molar-refractivity contribution in [1.29, 1.82) is 0 Å². The van der Waals surface area contributed by atoms with Crippen LogP contribution >= 0.6 is 0 Å². The number of para-hydroxylation sites is 2. The van der Waals surface area contributed by atoms with Gasteiger partial charge in [-0.3, -0.25) is 4.55 Å². The van der Waals surface area contributed by atoms with Crippen LogP contribution in [0.3, 0.4) is 0 Å². The van der Waals surface area contributed by atoms with E-state index in [4.69, 9.17) is 0 Å². The molecule has 3 aromatic carbocycles. The van der Waals surface area contributed by atoms with Gasteiger partial charge in [0.1, 0.15) is 4.90 Å². The van der Waals surface area contributed by atoms with Gasteiger partial charge in [0.2, 0.25) is 0 Å². The summed E-state index contributed by atoms with van der Waals surface area (Å²) in [6, 6.07) is 19.9. The van der Waals surface area contributed by atoms with Crippen LogP contribution < -0.4 is 10.6 Å². The minimum atomic E-state index is -4.43. The molecule has 0 atom stereocenters. The first-order valence-electron chi connectivity index (χ1n) is 8.16. The molecule has 0 saturated carbocycles. The second-order valence-electron chi connectivity index (χ2n) is 5.91. The third-order valence-corrected chi connectivity index (χ3v) is 4.88. The Bertz CT molecular complexity index is 1080. The van der Waals surface area contributed by atoms with Crippen LogP contribution in [0.5, 0.6) is 0 Å². The summed E-state index contributed by atoms with van der Waals surface area (Å²) >= 11 is 0. The number of carbonyl (C=O) groups is 1. The monoisotopic (exact) mass is 382 g/mol. The molecule has 0 aliphatic carbocycles. The van der Waals surface area contributed by atoms with E-state index in [1.54, 1.807) is 67.6 Å². The molecule has 6 nitrogen and oxygen atoms in total. The molecule has 0 saturated heterocycles. The summed E-state index contributed by atoms with van der Waals surface area (Å²) in [5.74, 6) is 0. The highest BCUT2D eigenvalue weighted by Crippen LogP contribution is 2.35. The number of hydrogen-bond acceptors (Lipinski definition) is 3. The lowest BCUT2D eigenvalue weighted by Crippen LogP contribution is -2.20. The third-order valence-electron chi connectivity index (χ3n) is 3.99. The van der Waals surface area contributed by atoms with E-state index in [-0.39, 0.29) is 4.90 Å². The molecule has 7 heteroatoms. The van der Waals surface area contributed by atoms with Gasteiger partial charge in [0.25, 0.3) is 10.1 Å². The first-order valence-corrected chi connectivity index (χ1v) is 9.60. The molecule has 27 heavy (non-hydrogen) atoms. The predicted molar refractivity (Wildman–Crippen MR) is 106 cm³/mol. The lowest BCUT2D eigenvalue weighted by Gasteiger charge is -2.16. The van der Waals surface area contributed by atoms with Crippen LogP contribution in [-0.4, -0.2) is 19.0 Å². The van der Waals surface area contributed by atoms with Gasteiger partial charge in [0.15, 0.2) is 0 Å². The standard InChI is InChI=1S/C20H18N2O4S/c1-14-8-7-13-18(27(24,25)26)19(14)16-11-5-6-12-17(16)22-20(23)21-15-9-3-2-4-10-15/h2-13H,1H3,(H2,21,22,23)(H,24,25,26). The van der Waals surface area contributed by atoms with Crippen molar-refractivity contribution >= 4 is 27.5 Å². The highest BCUT2D eigenvalue weighted by Gasteiger charge is 2.20. The lowest BCUT2D eigenvalue weighted by atomic mass is 9.99. The highest BCUT2D eigenvalue weighted by molar-refractivity contribution is 7.86. The molecule has 3 N–H and O–H groups in total. The van der Waals surface area contributed by atoms with Crippen molar-refractivity contribution in [2.75, 3.05) is 10.6 Å². The third kappa shape index (κ3) is 4.33. The molecule has 0 unspecified atom stereocenters. The Labute approximate surface area is 157 Å². The van der Waals surface area contributed by atoms with Gasteiger partial charge in [-0.1, -0.05) is 48.5 Å². The van der Waals surface area contributed by atoms with Crippen LogP contribution in [-0.2, 0) is 10.1 Å². The molecule has 0 aliphatic rings. The summed E-state index contributed by atoms with van der Waals surface area (Å²) in [7, 11) is -4.43. The zero-order chi connectivity index (χ0) is 19.4. The maximum Gasteiger partial charge on any atom is 0.323 e. The molecule has 0 heterocycles. The fourth-order valence-corrected chi connectivity index (χ4v) is 3.60. The summed E-state index contributed by atoms with van der Waals surface area (Å²) in [5.41, 5.74) is 2.54. The predicted octanol–water partition coefficient (Wildman–Crippen LogP) is 4.55. The SMILES string of the molecule is Cc1cccc(S(=O)(=O)O)c1-c1ccccc1NC(=O)Nc1ccccc1. The number of nitrogens with one attached hydrogen (secondary N) is 2. The summed E-state index contributed by atoms with van der Waals surface area (Å²) < 4.78 is 33.2. The van der Waals surface area contributed by atoms with Gasteiger partial charge in [-0.15, -0.1) is 0 Å². The summed E-state index contributed by atoms with van der Waals surface area (Å²) in [6.07, 6.45) is 0. The summed E-state index contributed by atoms with van der Waals surface area (Å²) in [4.78, 5) is 12.1. The molecule has 0 bridgehead atoms. The average molecular weight is 382 g/mol. The van der Waals surface area contributed by atoms with Gasteiger partial charge in [-0.25, -0.2) is 4.79 Å². The molecule has 2 amide bonds. The van der Waals surface area contributed by atoms with Crippen LogP contribution in [0.15, 0.2) is 77.7 Å². The van der Waals surface area contributed by atoms with E-state index in [2.05, 4.69) is 10.6 Å². The Morgan fingerprint density at radius 3 is 2.22 bits per heavy atom. The number of anilines is 2. The number of carbonyl (C=O) groups excluding carboxylic acids is 1. The molecule has 3 rings (SSSR count). The van der Waals surface area contributed by atoms with Gasteiger partial charge in [0.05, 0.1) is 5.69 Å². The number of amides is 2. The second-order valence-corrected chi connectivity index (χ2v) is 7.30. The summed E-state index contributed by atoms with van der Waals surface area (Å²) in [5, 5.41) is 5.45. The van der Waals surface area contributed by atoms with E-state index in [1.807, 2.05) is 6.07 Å². The largest absolute Gasteiger partial charge is 0.323 e. The molecule has 0 radical (unpaired) electrons. The van der Waals surface area contributed by atoms with Crippen molar-refractivity contribution in [3.63, 3.8) is 0 Å². The van der Waals surface area contributed by atoms with Crippen LogP contribution in [0.2, 0.25) is 0 Å². The Hall–Kier alpha value is -3.16. The quantitative estimate of drug-likeness (QED) is 0.577. The topological polar surface area (TPSA) is 95.5 Å². The Kier molecular flexibility index (Phi) is 5.25. The van der Waals surface area contributed by atoms with Gasteiger partial charge < -0.3 is 10.6 Å². The van der Waals surface area contributed by atoms with Crippen LogP contribution in [0, 0.1) is 6.92 Å². The first-order chi connectivity index (χ1) is 12.9. The molecule has 0 aromatic heterocycles. The number of rotatable bonds is 4. The Balaban J connectivity index is 2.00. The molecule has 0 spiro atoms. The summed E-state index contributed by atoms with van der Waals surface area (Å²) in [6.45, 7) is 1.74. The Morgan fingerprint density at radius 1 is 0.852 bits per heavy atom. The van der Waals surface area contributed by atoms with Crippen LogP contribution in [0.1, 0.15) is 5.56 Å². The normalized spacial score (nSPS) is 11.0. The maximum absolute atomic E-state index is 12.3. The molecular formula is C20H18N2O4S.